The van der Waals surface area contributed by atoms with Crippen LogP contribution >= 0.6 is 0 Å². The number of carbonyl (C=O) groups excluding carboxylic acids is 1. The molecule has 1 aliphatic rings. The van der Waals surface area contributed by atoms with Crippen LogP contribution < -0.4 is 10.6 Å². The minimum Gasteiger partial charge on any atom is -0.395 e. The molecule has 0 radical (unpaired) electrons. The maximum absolute atomic E-state index is 13.5. The van der Waals surface area contributed by atoms with Crippen molar-refractivity contribution in [2.75, 3.05) is 24.4 Å². The van der Waals surface area contributed by atoms with E-state index in [-0.39, 0.29) is 12.6 Å². The van der Waals surface area contributed by atoms with Gasteiger partial charge in [-0.3, -0.25) is 9.78 Å². The standard InChI is InChI=1S/C24H24FN3O5S/c25-18-6-4-17(5-7-18)21-15-19(27-16-33-34(31,32)14-13-29)8-9-20(21)23(30)28-24(10-11-24)22-3-1-2-12-26-22/h1-9,12,15,27,29H,10-11,13-14,16H2,(H,28,30). The Bertz CT molecular complexity index is 1260. The second-order valence-electron chi connectivity index (χ2n) is 7.94. The molecular weight excluding hydrogens is 461 g/mol. The predicted molar refractivity (Wildman–Crippen MR) is 125 cm³/mol. The molecule has 2 aromatic carbocycles. The minimum atomic E-state index is -3.85. The summed E-state index contributed by atoms with van der Waals surface area (Å²) < 4.78 is 41.6. The maximum Gasteiger partial charge on any atom is 0.271 e. The molecule has 0 atom stereocenters. The van der Waals surface area contributed by atoms with Crippen LogP contribution in [0.3, 0.4) is 0 Å². The fourth-order valence-corrected chi connectivity index (χ4v) is 4.17. The van der Waals surface area contributed by atoms with Crippen molar-refractivity contribution >= 4 is 21.7 Å². The number of rotatable bonds is 10. The highest BCUT2D eigenvalue weighted by Crippen LogP contribution is 2.45. The molecule has 10 heteroatoms. The molecule has 8 nitrogen and oxygen atoms in total. The lowest BCUT2D eigenvalue weighted by Gasteiger charge is -2.19. The van der Waals surface area contributed by atoms with Crippen LogP contribution in [0.5, 0.6) is 0 Å². The lowest BCUT2D eigenvalue weighted by atomic mass is 9.97. The molecular formula is C24H24FN3O5S. The summed E-state index contributed by atoms with van der Waals surface area (Å²) in [6, 6.07) is 16.2. The molecule has 0 spiro atoms. The number of benzene rings is 2. The van der Waals surface area contributed by atoms with Gasteiger partial charge < -0.3 is 15.7 Å². The van der Waals surface area contributed by atoms with E-state index in [2.05, 4.69) is 15.6 Å². The van der Waals surface area contributed by atoms with Gasteiger partial charge in [-0.15, -0.1) is 0 Å². The number of nitrogens with zero attached hydrogens (tertiary/aromatic N) is 1. The summed E-state index contributed by atoms with van der Waals surface area (Å²) in [6.45, 7) is -0.889. The van der Waals surface area contributed by atoms with E-state index in [9.17, 15) is 17.6 Å². The second kappa shape index (κ2) is 9.88. The first-order valence-electron chi connectivity index (χ1n) is 10.7. The Morgan fingerprint density at radius 2 is 1.88 bits per heavy atom. The van der Waals surface area contributed by atoms with Gasteiger partial charge in [-0.2, -0.15) is 8.42 Å². The molecule has 3 aromatic rings. The van der Waals surface area contributed by atoms with Crippen molar-refractivity contribution in [2.45, 2.75) is 18.4 Å². The van der Waals surface area contributed by atoms with Crippen LogP contribution in [0.25, 0.3) is 11.1 Å². The number of pyridine rings is 1. The molecule has 1 aliphatic carbocycles. The van der Waals surface area contributed by atoms with Gasteiger partial charge in [0, 0.05) is 17.4 Å². The van der Waals surface area contributed by atoms with Gasteiger partial charge in [0.05, 0.1) is 23.6 Å². The molecule has 1 aromatic heterocycles. The van der Waals surface area contributed by atoms with Crippen LogP contribution in [0.1, 0.15) is 28.9 Å². The third kappa shape index (κ3) is 5.58. The molecule has 1 fully saturated rings. The van der Waals surface area contributed by atoms with Gasteiger partial charge in [0.2, 0.25) is 0 Å². The van der Waals surface area contributed by atoms with Gasteiger partial charge in [-0.25, -0.2) is 8.57 Å². The Labute approximate surface area is 196 Å². The first-order valence-corrected chi connectivity index (χ1v) is 12.3. The molecule has 34 heavy (non-hydrogen) atoms. The summed E-state index contributed by atoms with van der Waals surface area (Å²) in [4.78, 5) is 17.7. The van der Waals surface area contributed by atoms with Crippen molar-refractivity contribution in [1.82, 2.24) is 10.3 Å². The molecule has 0 saturated heterocycles. The topological polar surface area (TPSA) is 118 Å². The maximum atomic E-state index is 13.5. The van der Waals surface area contributed by atoms with E-state index in [1.165, 1.54) is 12.1 Å². The van der Waals surface area contributed by atoms with E-state index < -0.39 is 33.8 Å². The van der Waals surface area contributed by atoms with Crippen LogP contribution in [0.2, 0.25) is 0 Å². The van der Waals surface area contributed by atoms with Crippen LogP contribution in [0.15, 0.2) is 66.9 Å². The van der Waals surface area contributed by atoms with Crippen molar-refractivity contribution in [2.24, 2.45) is 0 Å². The Morgan fingerprint density at radius 1 is 1.12 bits per heavy atom. The van der Waals surface area contributed by atoms with Crippen molar-refractivity contribution in [1.29, 1.82) is 0 Å². The number of aliphatic hydroxyl groups is 1. The molecule has 4 rings (SSSR count). The fraction of sp³-hybridized carbons (Fsp3) is 0.250. The van der Waals surface area contributed by atoms with Crippen LogP contribution in [0.4, 0.5) is 10.1 Å². The van der Waals surface area contributed by atoms with Gasteiger partial charge in [0.15, 0.2) is 0 Å². The average molecular weight is 486 g/mol. The van der Waals surface area contributed by atoms with Gasteiger partial charge >= 0.3 is 0 Å². The van der Waals surface area contributed by atoms with E-state index in [0.717, 1.165) is 18.5 Å². The van der Waals surface area contributed by atoms with E-state index in [4.69, 9.17) is 9.29 Å². The number of aromatic nitrogens is 1. The Hall–Kier alpha value is -3.34. The molecule has 1 amide bonds. The lowest BCUT2D eigenvalue weighted by molar-refractivity contribution is 0.0930. The van der Waals surface area contributed by atoms with Crippen molar-refractivity contribution in [3.63, 3.8) is 0 Å². The number of halogens is 1. The lowest BCUT2D eigenvalue weighted by Crippen LogP contribution is -2.35. The highest BCUT2D eigenvalue weighted by molar-refractivity contribution is 7.86. The zero-order valence-corrected chi connectivity index (χ0v) is 19.0. The van der Waals surface area contributed by atoms with Crippen molar-refractivity contribution < 1.29 is 26.9 Å². The van der Waals surface area contributed by atoms with Crippen LogP contribution in [-0.2, 0) is 19.8 Å². The van der Waals surface area contributed by atoms with E-state index in [0.29, 0.717) is 22.4 Å². The smallest absolute Gasteiger partial charge is 0.271 e. The molecule has 178 valence electrons. The van der Waals surface area contributed by atoms with E-state index in [1.807, 2.05) is 18.2 Å². The SMILES string of the molecule is O=C(NC1(c2ccccn2)CC1)c1ccc(NCOS(=O)(=O)CCO)cc1-c1ccc(F)cc1. The summed E-state index contributed by atoms with van der Waals surface area (Å²) in [7, 11) is -3.85. The number of carbonyl (C=O) groups is 1. The third-order valence-corrected chi connectivity index (χ3v) is 6.69. The molecule has 0 bridgehead atoms. The summed E-state index contributed by atoms with van der Waals surface area (Å²) in [5.74, 6) is -1.21. The van der Waals surface area contributed by atoms with E-state index >= 15 is 0 Å². The fourth-order valence-electron chi connectivity index (χ4n) is 3.59. The van der Waals surface area contributed by atoms with E-state index in [1.54, 1.807) is 36.5 Å². The molecule has 1 saturated carbocycles. The number of amides is 1. The van der Waals surface area contributed by atoms with Crippen LogP contribution in [-0.4, -0.2) is 43.5 Å². The summed E-state index contributed by atoms with van der Waals surface area (Å²) >= 11 is 0. The summed E-state index contributed by atoms with van der Waals surface area (Å²) in [6.07, 6.45) is 3.25. The number of hydrogen-bond acceptors (Lipinski definition) is 7. The van der Waals surface area contributed by atoms with Crippen LogP contribution in [0, 0.1) is 5.82 Å². The van der Waals surface area contributed by atoms with Crippen molar-refractivity contribution in [3.05, 3.63) is 83.9 Å². The Morgan fingerprint density at radius 3 is 2.53 bits per heavy atom. The summed E-state index contributed by atoms with van der Waals surface area (Å²) in [5, 5.41) is 14.7. The number of hydrogen-bond donors (Lipinski definition) is 3. The highest BCUT2D eigenvalue weighted by Gasteiger charge is 2.47. The Balaban J connectivity index is 1.59. The Kier molecular flexibility index (Phi) is 6.92. The molecule has 3 N–H and O–H groups in total. The molecule has 0 aliphatic heterocycles. The second-order valence-corrected chi connectivity index (χ2v) is 9.70. The predicted octanol–water partition coefficient (Wildman–Crippen LogP) is 3.01. The first-order chi connectivity index (χ1) is 16.3. The zero-order chi connectivity index (χ0) is 24.2. The number of nitrogens with one attached hydrogen (secondary N) is 2. The van der Waals surface area contributed by atoms with Crippen molar-refractivity contribution in [3.8, 4) is 11.1 Å². The monoisotopic (exact) mass is 485 g/mol. The zero-order valence-electron chi connectivity index (χ0n) is 18.2. The highest BCUT2D eigenvalue weighted by atomic mass is 32.2. The molecule has 0 unspecified atom stereocenters. The third-order valence-electron chi connectivity index (χ3n) is 5.53. The van der Waals surface area contributed by atoms with Gasteiger partial charge in [-0.05, 0) is 66.4 Å². The largest absolute Gasteiger partial charge is 0.395 e. The van der Waals surface area contributed by atoms with Gasteiger partial charge in [-0.1, -0.05) is 18.2 Å². The summed E-state index contributed by atoms with van der Waals surface area (Å²) in [5.41, 5.74) is 2.33. The molecule has 1 heterocycles. The average Bonchev–Trinajstić information content (AvgIpc) is 3.60. The minimum absolute atomic E-state index is 0.296. The number of aliphatic hydroxyl groups excluding tert-OH is 1. The van der Waals surface area contributed by atoms with Gasteiger partial charge in [0.1, 0.15) is 12.5 Å². The first kappa shape index (κ1) is 23.8. The number of anilines is 1. The van der Waals surface area contributed by atoms with Gasteiger partial charge in [0.25, 0.3) is 16.0 Å². The normalized spacial score (nSPS) is 14.4. The quantitative estimate of drug-likeness (QED) is 0.298.